The van der Waals surface area contributed by atoms with Gasteiger partial charge in [0.2, 0.25) is 5.71 Å². The molecule has 23 heavy (non-hydrogen) atoms. The van der Waals surface area contributed by atoms with Gasteiger partial charge in [-0.1, -0.05) is 35.5 Å². The molecule has 0 atom stereocenters. The number of ketones is 1. The third kappa shape index (κ3) is 4.00. The summed E-state index contributed by atoms with van der Waals surface area (Å²) in [5.41, 5.74) is 0.866. The van der Waals surface area contributed by atoms with Crippen molar-refractivity contribution in [2.75, 3.05) is 6.54 Å². The van der Waals surface area contributed by atoms with Crippen LogP contribution in [0.4, 0.5) is 4.39 Å². The molecule has 5 nitrogen and oxygen atoms in total. The first kappa shape index (κ1) is 16.4. The van der Waals surface area contributed by atoms with Crippen molar-refractivity contribution in [3.63, 3.8) is 0 Å². The third-order valence-corrected chi connectivity index (χ3v) is 3.33. The number of halogens is 1. The van der Waals surface area contributed by atoms with Crippen LogP contribution in [-0.4, -0.2) is 33.7 Å². The number of carbonyl (C=O) groups is 1. The van der Waals surface area contributed by atoms with Crippen LogP contribution in [-0.2, 0) is 0 Å². The Balaban J connectivity index is 2.22. The van der Waals surface area contributed by atoms with Crippen LogP contribution in [0.15, 0.2) is 59.8 Å². The fraction of sp³-hybridized carbons (Fsp3) is 0.118. The van der Waals surface area contributed by atoms with Crippen LogP contribution in [0.5, 0.6) is 0 Å². The van der Waals surface area contributed by atoms with Crippen molar-refractivity contribution in [2.24, 2.45) is 5.16 Å². The summed E-state index contributed by atoms with van der Waals surface area (Å²) in [5.74, 6) is -0.970. The Labute approximate surface area is 132 Å². The van der Waals surface area contributed by atoms with E-state index in [-0.39, 0.29) is 23.5 Å². The average Bonchev–Trinajstić information content (AvgIpc) is 2.59. The van der Waals surface area contributed by atoms with Crippen molar-refractivity contribution in [1.82, 2.24) is 0 Å². The second-order valence-electron chi connectivity index (χ2n) is 4.87. The lowest BCUT2D eigenvalue weighted by Gasteiger charge is -2.09. The van der Waals surface area contributed by atoms with Gasteiger partial charge in [0.15, 0.2) is 12.3 Å². The summed E-state index contributed by atoms with van der Waals surface area (Å²) in [6.07, 6.45) is 0. The molecular weight excluding hydrogens is 299 g/mol. The normalized spacial score (nSPS) is 12.7. The van der Waals surface area contributed by atoms with Crippen molar-refractivity contribution in [3.05, 3.63) is 76.7 Å². The van der Waals surface area contributed by atoms with Crippen molar-refractivity contribution in [1.29, 1.82) is 0 Å². The van der Waals surface area contributed by atoms with E-state index in [9.17, 15) is 14.4 Å². The average molecular weight is 314 g/mol. The zero-order valence-corrected chi connectivity index (χ0v) is 12.4. The van der Waals surface area contributed by atoms with Crippen molar-refractivity contribution in [2.45, 2.75) is 6.92 Å². The fourth-order valence-electron chi connectivity index (χ4n) is 1.99. The quantitative estimate of drug-likeness (QED) is 0.230. The monoisotopic (exact) mass is 314 g/mol. The molecular formula is C17H15FN2O3. The zero-order chi connectivity index (χ0) is 16.8. The molecule has 0 heterocycles. The van der Waals surface area contributed by atoms with Gasteiger partial charge >= 0.3 is 0 Å². The lowest BCUT2D eigenvalue weighted by atomic mass is 10.1. The molecule has 0 aliphatic rings. The second-order valence-corrected chi connectivity index (χ2v) is 4.87. The van der Waals surface area contributed by atoms with Gasteiger partial charge in [-0.2, -0.15) is 4.74 Å². The van der Waals surface area contributed by atoms with Crippen molar-refractivity contribution >= 4 is 17.2 Å². The Morgan fingerprint density at radius 3 is 2.30 bits per heavy atom. The highest BCUT2D eigenvalue weighted by Crippen LogP contribution is 2.06. The van der Waals surface area contributed by atoms with Gasteiger partial charge in [-0.25, -0.2) is 4.39 Å². The minimum absolute atomic E-state index is 0.0753. The molecule has 2 aromatic rings. The molecule has 0 spiro atoms. The molecule has 0 saturated heterocycles. The van der Waals surface area contributed by atoms with Crippen LogP contribution in [0.25, 0.3) is 0 Å². The zero-order valence-electron chi connectivity index (χ0n) is 12.4. The standard InChI is InChI=1S/C17H15FN2O3/c1-12(17(21)14-7-9-15(18)10-8-14)20(23)11-16(19-22)13-5-3-2-4-6-13/h2-10,22H,11H2,1H3/b19-16+,20-12-. The first-order valence-corrected chi connectivity index (χ1v) is 6.87. The molecule has 0 unspecified atom stereocenters. The first-order valence-electron chi connectivity index (χ1n) is 6.87. The molecule has 0 bridgehead atoms. The highest BCUT2D eigenvalue weighted by molar-refractivity contribution is 6.43. The second kappa shape index (κ2) is 7.31. The third-order valence-electron chi connectivity index (χ3n) is 3.33. The smallest absolute Gasteiger partial charge is 0.252 e. The van der Waals surface area contributed by atoms with E-state index in [2.05, 4.69) is 5.16 Å². The van der Waals surface area contributed by atoms with E-state index in [1.807, 2.05) is 0 Å². The molecule has 1 N–H and O–H groups in total. The highest BCUT2D eigenvalue weighted by atomic mass is 19.1. The molecule has 0 radical (unpaired) electrons. The minimum Gasteiger partial charge on any atom is -0.623 e. The van der Waals surface area contributed by atoms with Gasteiger partial charge in [0.05, 0.1) is 0 Å². The molecule has 6 heteroatoms. The maximum atomic E-state index is 12.9. The van der Waals surface area contributed by atoms with E-state index in [0.29, 0.717) is 10.3 Å². The maximum Gasteiger partial charge on any atom is 0.252 e. The summed E-state index contributed by atoms with van der Waals surface area (Å²) in [5, 5.41) is 24.4. The fourth-order valence-corrected chi connectivity index (χ4v) is 1.99. The summed E-state index contributed by atoms with van der Waals surface area (Å²) in [6.45, 7) is 1.10. The number of rotatable bonds is 5. The Hall–Kier alpha value is -3.02. The van der Waals surface area contributed by atoms with E-state index < -0.39 is 11.6 Å². The van der Waals surface area contributed by atoms with Crippen LogP contribution in [0, 0.1) is 11.0 Å². The van der Waals surface area contributed by atoms with Gasteiger partial charge < -0.3 is 10.4 Å². The summed E-state index contributed by atoms with van der Waals surface area (Å²) in [6, 6.07) is 13.6. The Kier molecular flexibility index (Phi) is 5.19. The lowest BCUT2D eigenvalue weighted by molar-refractivity contribution is -0.439. The summed E-state index contributed by atoms with van der Waals surface area (Å²) in [7, 11) is 0. The van der Waals surface area contributed by atoms with Gasteiger partial charge in [-0.3, -0.25) is 4.79 Å². The number of carbonyl (C=O) groups excluding carboxylic acids is 1. The SMILES string of the molecule is C/C(C(=O)c1ccc(F)cc1)=[N+](/[O-])C/C(=N\O)c1ccccc1. The first-order chi connectivity index (χ1) is 11.0. The Morgan fingerprint density at radius 2 is 1.74 bits per heavy atom. The number of nitrogens with zero attached hydrogens (tertiary/aromatic N) is 2. The van der Waals surface area contributed by atoms with E-state index in [0.717, 1.165) is 12.1 Å². The van der Waals surface area contributed by atoms with E-state index in [1.165, 1.54) is 19.1 Å². The number of hydrogen-bond donors (Lipinski definition) is 1. The Morgan fingerprint density at radius 1 is 1.13 bits per heavy atom. The Bertz CT molecular complexity index is 753. The summed E-state index contributed by atoms with van der Waals surface area (Å²) >= 11 is 0. The topological polar surface area (TPSA) is 75.7 Å². The predicted octanol–water partition coefficient (Wildman–Crippen LogP) is 2.86. The molecule has 0 aliphatic heterocycles. The molecule has 0 aromatic heterocycles. The predicted molar refractivity (Wildman–Crippen MR) is 84.7 cm³/mol. The summed E-state index contributed by atoms with van der Waals surface area (Å²) in [4.78, 5) is 12.2. The van der Waals surface area contributed by atoms with Crippen LogP contribution < -0.4 is 0 Å². The molecule has 0 amide bonds. The number of hydroxylamine groups is 1. The number of benzene rings is 2. The van der Waals surface area contributed by atoms with Crippen LogP contribution in [0.3, 0.4) is 0 Å². The number of Topliss-reactive ketones (excluding diaryl/α,β-unsaturated/α-hetero) is 1. The summed E-state index contributed by atoms with van der Waals surface area (Å²) < 4.78 is 13.3. The van der Waals surface area contributed by atoms with E-state index >= 15 is 0 Å². The van der Waals surface area contributed by atoms with Crippen molar-refractivity contribution in [3.8, 4) is 0 Å². The minimum atomic E-state index is -0.509. The van der Waals surface area contributed by atoms with Crippen LogP contribution >= 0.6 is 0 Å². The largest absolute Gasteiger partial charge is 0.623 e. The van der Waals surface area contributed by atoms with Crippen LogP contribution in [0.1, 0.15) is 22.8 Å². The lowest BCUT2D eigenvalue weighted by Crippen LogP contribution is -2.27. The molecule has 0 aliphatic carbocycles. The van der Waals surface area contributed by atoms with Gasteiger partial charge in [-0.15, -0.1) is 0 Å². The van der Waals surface area contributed by atoms with Gasteiger partial charge in [-0.05, 0) is 24.3 Å². The van der Waals surface area contributed by atoms with E-state index in [4.69, 9.17) is 5.21 Å². The van der Waals surface area contributed by atoms with Gasteiger partial charge in [0.1, 0.15) is 5.82 Å². The van der Waals surface area contributed by atoms with E-state index in [1.54, 1.807) is 30.3 Å². The number of oxime groups is 1. The van der Waals surface area contributed by atoms with Gasteiger partial charge in [0, 0.05) is 18.1 Å². The maximum absolute atomic E-state index is 12.9. The molecule has 118 valence electrons. The highest BCUT2D eigenvalue weighted by Gasteiger charge is 2.19. The molecule has 2 rings (SSSR count). The molecule has 0 fully saturated rings. The van der Waals surface area contributed by atoms with Crippen LogP contribution in [0.2, 0.25) is 0 Å². The molecule has 0 saturated carbocycles. The number of hydrogen-bond acceptors (Lipinski definition) is 4. The van der Waals surface area contributed by atoms with Crippen molar-refractivity contribution < 1.29 is 19.1 Å². The van der Waals surface area contributed by atoms with Gasteiger partial charge in [0.25, 0.3) is 5.78 Å². The molecule has 2 aromatic carbocycles.